The molecule has 4 heterocycles. The molecule has 0 aliphatic carbocycles. The van der Waals surface area contributed by atoms with E-state index in [1.54, 1.807) is 0 Å². The monoisotopic (exact) mass is 835 g/mol. The molecule has 0 saturated heterocycles. The minimum absolute atomic E-state index is 0.808. The van der Waals surface area contributed by atoms with E-state index in [4.69, 9.17) is 19.7 Å². The number of aromatic nitrogens is 3. The molecule has 0 fully saturated rings. The van der Waals surface area contributed by atoms with Gasteiger partial charge in [-0.15, -0.1) is 0 Å². The van der Waals surface area contributed by atoms with Gasteiger partial charge in [-0.1, -0.05) is 170 Å². The molecule has 0 atom stereocenters. The van der Waals surface area contributed by atoms with Crippen LogP contribution in [0.15, 0.2) is 225 Å². The van der Waals surface area contributed by atoms with Crippen molar-refractivity contribution >= 4 is 0 Å². The van der Waals surface area contributed by atoms with Crippen LogP contribution in [-0.4, -0.2) is 15.0 Å². The summed E-state index contributed by atoms with van der Waals surface area (Å²) in [6.45, 7) is 0. The Morgan fingerprint density at radius 3 is 1.35 bits per heavy atom. The molecule has 1 aliphatic rings. The van der Waals surface area contributed by atoms with Crippen LogP contribution in [0.5, 0.6) is 11.5 Å². The number of hydrogen-bond donors (Lipinski definition) is 0. The molecular formula is C61H45N3O. The van der Waals surface area contributed by atoms with Gasteiger partial charge in [0.25, 0.3) is 0 Å². The first-order valence-electron chi connectivity index (χ1n) is 22.4. The second-order valence-electron chi connectivity index (χ2n) is 16.7. The molecule has 0 amide bonds. The highest BCUT2D eigenvalue weighted by Gasteiger charge is 2.26. The predicted molar refractivity (Wildman–Crippen MR) is 266 cm³/mol. The lowest BCUT2D eigenvalue weighted by molar-refractivity contribution is 0.488. The van der Waals surface area contributed by atoms with Gasteiger partial charge in [-0.05, 0) is 112 Å². The van der Waals surface area contributed by atoms with Gasteiger partial charge in [-0.2, -0.15) is 0 Å². The van der Waals surface area contributed by atoms with Crippen LogP contribution in [0.4, 0.5) is 0 Å². The van der Waals surface area contributed by atoms with E-state index in [1.165, 1.54) is 22.3 Å². The van der Waals surface area contributed by atoms with Crippen molar-refractivity contribution in [1.82, 2.24) is 15.0 Å². The van der Waals surface area contributed by atoms with Crippen LogP contribution in [0.25, 0.3) is 78.3 Å². The lowest BCUT2D eigenvalue weighted by Gasteiger charge is -2.17. The molecule has 4 nitrogen and oxygen atoms in total. The highest BCUT2D eigenvalue weighted by Crippen LogP contribution is 2.51. The Labute approximate surface area is 380 Å². The number of hydrogen-bond acceptors (Lipinski definition) is 4. The van der Waals surface area contributed by atoms with Crippen LogP contribution >= 0.6 is 0 Å². The SMILES string of the molecule is c1ccc(-c2ccc3c(c2)Oc2cccc(-c4cc(CCc5ccc(-c6ccccc6)nc5)cc(CCc5ccc(-c6ccccc6)nc5)c4)c2-c2cnc(-c4ccccc4)cc2-3)cc1. The maximum Gasteiger partial charge on any atom is 0.135 e. The molecule has 3 aromatic heterocycles. The third-order valence-corrected chi connectivity index (χ3v) is 12.4. The zero-order valence-electron chi connectivity index (χ0n) is 35.9. The van der Waals surface area contributed by atoms with E-state index in [0.717, 1.165) is 115 Å². The molecule has 0 saturated carbocycles. The Balaban J connectivity index is 0.990. The molecule has 0 radical (unpaired) electrons. The van der Waals surface area contributed by atoms with Crippen molar-refractivity contribution < 1.29 is 4.74 Å². The van der Waals surface area contributed by atoms with Gasteiger partial charge in [0.1, 0.15) is 11.5 Å². The molecule has 7 aromatic carbocycles. The second kappa shape index (κ2) is 17.9. The van der Waals surface area contributed by atoms with Crippen molar-refractivity contribution in [3.63, 3.8) is 0 Å². The number of ether oxygens (including phenoxy) is 1. The van der Waals surface area contributed by atoms with E-state index in [1.807, 2.05) is 36.8 Å². The fourth-order valence-corrected chi connectivity index (χ4v) is 9.02. The van der Waals surface area contributed by atoms with Crippen molar-refractivity contribution in [2.45, 2.75) is 25.7 Å². The summed E-state index contributed by atoms with van der Waals surface area (Å²) in [5.74, 6) is 1.63. The largest absolute Gasteiger partial charge is 0.456 e. The summed E-state index contributed by atoms with van der Waals surface area (Å²) in [4.78, 5) is 14.8. The number of benzene rings is 7. The van der Waals surface area contributed by atoms with E-state index in [0.29, 0.717) is 0 Å². The number of rotatable bonds is 11. The quantitative estimate of drug-likeness (QED) is 0.130. The van der Waals surface area contributed by atoms with E-state index in [9.17, 15) is 0 Å². The van der Waals surface area contributed by atoms with E-state index in [-0.39, 0.29) is 0 Å². The summed E-state index contributed by atoms with van der Waals surface area (Å²) in [6.07, 6.45) is 9.60. The molecule has 65 heavy (non-hydrogen) atoms. The minimum Gasteiger partial charge on any atom is -0.456 e. The fraction of sp³-hybridized carbons (Fsp3) is 0.0656. The van der Waals surface area contributed by atoms with E-state index >= 15 is 0 Å². The Morgan fingerprint density at radius 1 is 0.277 bits per heavy atom. The molecule has 11 rings (SSSR count). The molecule has 10 aromatic rings. The number of nitrogens with zero attached hydrogens (tertiary/aromatic N) is 3. The molecule has 0 bridgehead atoms. The number of fused-ring (bicyclic) bond motifs is 5. The van der Waals surface area contributed by atoms with Crippen molar-refractivity contribution in [2.24, 2.45) is 0 Å². The third-order valence-electron chi connectivity index (χ3n) is 12.4. The highest BCUT2D eigenvalue weighted by molar-refractivity contribution is 5.98. The van der Waals surface area contributed by atoms with Gasteiger partial charge in [-0.25, -0.2) is 0 Å². The van der Waals surface area contributed by atoms with Crippen LogP contribution in [0, 0.1) is 0 Å². The minimum atomic E-state index is 0.808. The van der Waals surface area contributed by atoms with Crippen molar-refractivity contribution in [3.05, 3.63) is 247 Å². The molecule has 310 valence electrons. The molecule has 0 unspecified atom stereocenters. The topological polar surface area (TPSA) is 47.9 Å². The Hall–Kier alpha value is -8.21. The molecule has 0 spiro atoms. The Morgan fingerprint density at radius 2 is 0.800 bits per heavy atom. The maximum absolute atomic E-state index is 7.07. The maximum atomic E-state index is 7.07. The van der Waals surface area contributed by atoms with E-state index < -0.39 is 0 Å². The summed E-state index contributed by atoms with van der Waals surface area (Å²) in [5.41, 5.74) is 19.9. The zero-order valence-corrected chi connectivity index (χ0v) is 35.9. The summed E-state index contributed by atoms with van der Waals surface area (Å²) < 4.78 is 7.07. The highest BCUT2D eigenvalue weighted by atomic mass is 16.5. The first-order valence-corrected chi connectivity index (χ1v) is 22.4. The average Bonchev–Trinajstić information content (AvgIpc) is 3.52. The second-order valence-corrected chi connectivity index (χ2v) is 16.7. The van der Waals surface area contributed by atoms with Crippen LogP contribution in [0.1, 0.15) is 22.3 Å². The summed E-state index contributed by atoms with van der Waals surface area (Å²) in [5, 5.41) is 0. The van der Waals surface area contributed by atoms with Gasteiger partial charge >= 0.3 is 0 Å². The van der Waals surface area contributed by atoms with Gasteiger partial charge in [0.2, 0.25) is 0 Å². The summed E-state index contributed by atoms with van der Waals surface area (Å²) in [6, 6.07) is 72.8. The van der Waals surface area contributed by atoms with Crippen molar-refractivity contribution in [3.8, 4) is 89.8 Å². The van der Waals surface area contributed by atoms with Crippen LogP contribution in [0.3, 0.4) is 0 Å². The lowest BCUT2D eigenvalue weighted by atomic mass is 9.87. The van der Waals surface area contributed by atoms with Gasteiger partial charge in [0.15, 0.2) is 0 Å². The van der Waals surface area contributed by atoms with Gasteiger partial charge in [0.05, 0.1) is 17.1 Å². The van der Waals surface area contributed by atoms with Gasteiger partial charge in [0, 0.05) is 52.0 Å². The van der Waals surface area contributed by atoms with Crippen molar-refractivity contribution in [2.75, 3.05) is 0 Å². The van der Waals surface area contributed by atoms with Crippen LogP contribution < -0.4 is 4.74 Å². The molecule has 0 N–H and O–H groups in total. The molecule has 1 aliphatic heterocycles. The Kier molecular flexibility index (Phi) is 10.9. The summed E-state index contributed by atoms with van der Waals surface area (Å²) in [7, 11) is 0. The van der Waals surface area contributed by atoms with Crippen LogP contribution in [0.2, 0.25) is 0 Å². The first kappa shape index (κ1) is 39.6. The standard InChI is InChI=1S/C61H45N3O/c1-5-14-46(15-6-1)50-30-31-53-54-38-58(49-20-11-4-12-21-49)64-41-55(54)61-52(22-13-23-59(61)65-60(53)37-50)51-35-44(26-24-42-28-32-56(62-39-42)47-16-7-2-8-17-47)34-45(36-51)27-25-43-29-33-57(63-40-43)48-18-9-3-10-19-48/h1-23,28-41H,24-27H2. The number of aryl methyl sites for hydroxylation is 4. The zero-order chi connectivity index (χ0) is 43.4. The van der Waals surface area contributed by atoms with Crippen LogP contribution in [-0.2, 0) is 25.7 Å². The third kappa shape index (κ3) is 8.50. The first-order chi connectivity index (χ1) is 32.2. The lowest BCUT2D eigenvalue weighted by Crippen LogP contribution is -1.99. The normalized spacial score (nSPS) is 11.4. The van der Waals surface area contributed by atoms with Gasteiger partial charge < -0.3 is 4.74 Å². The molecular weight excluding hydrogens is 791 g/mol. The predicted octanol–water partition coefficient (Wildman–Crippen LogP) is 15.2. The Bertz CT molecular complexity index is 3140. The number of pyridine rings is 3. The molecule has 4 heteroatoms. The average molecular weight is 836 g/mol. The van der Waals surface area contributed by atoms with E-state index in [2.05, 4.69) is 188 Å². The fourth-order valence-electron chi connectivity index (χ4n) is 9.02. The van der Waals surface area contributed by atoms with Gasteiger partial charge in [-0.3, -0.25) is 15.0 Å². The van der Waals surface area contributed by atoms with Crippen molar-refractivity contribution in [1.29, 1.82) is 0 Å². The summed E-state index contributed by atoms with van der Waals surface area (Å²) >= 11 is 0. The smallest absolute Gasteiger partial charge is 0.135 e.